The zero-order valence-corrected chi connectivity index (χ0v) is 11.4. The largest absolute Gasteiger partial charge is 0.379 e. The van der Waals surface area contributed by atoms with Crippen LogP contribution in [0.5, 0.6) is 0 Å². The van der Waals surface area contributed by atoms with Gasteiger partial charge in [-0.1, -0.05) is 31.2 Å². The van der Waals surface area contributed by atoms with Crippen molar-refractivity contribution in [3.05, 3.63) is 43.0 Å². The summed E-state index contributed by atoms with van der Waals surface area (Å²) in [4.78, 5) is 0. The van der Waals surface area contributed by atoms with Crippen molar-refractivity contribution in [2.24, 2.45) is 5.92 Å². The van der Waals surface area contributed by atoms with E-state index in [1.54, 1.807) is 0 Å². The highest BCUT2D eigenvalue weighted by atomic mass is 15.1. The number of benzene rings is 1. The van der Waals surface area contributed by atoms with Crippen LogP contribution in [0.4, 0.5) is 5.69 Å². The Balaban J connectivity index is 2.22. The van der Waals surface area contributed by atoms with Crippen LogP contribution in [0.2, 0.25) is 0 Å². The van der Waals surface area contributed by atoms with Gasteiger partial charge in [-0.25, -0.2) is 0 Å². The van der Waals surface area contributed by atoms with Crippen molar-refractivity contribution in [1.29, 1.82) is 0 Å². The lowest BCUT2D eigenvalue weighted by molar-refractivity contribution is 0.210. The molecule has 0 spiro atoms. The summed E-state index contributed by atoms with van der Waals surface area (Å²) < 4.78 is 0. The molecule has 0 saturated carbocycles. The highest BCUT2D eigenvalue weighted by Gasteiger charge is 2.39. The molecule has 1 fully saturated rings. The first kappa shape index (κ1) is 13.2. The molecule has 0 radical (unpaired) electrons. The van der Waals surface area contributed by atoms with Gasteiger partial charge < -0.3 is 10.6 Å². The van der Waals surface area contributed by atoms with E-state index in [-0.39, 0.29) is 5.54 Å². The van der Waals surface area contributed by atoms with Crippen molar-refractivity contribution in [2.75, 3.05) is 11.9 Å². The third-order valence-corrected chi connectivity index (χ3v) is 4.06. The third-order valence-electron chi connectivity index (χ3n) is 4.06. The molecule has 1 aliphatic heterocycles. The Kier molecular flexibility index (Phi) is 4.07. The van der Waals surface area contributed by atoms with Crippen molar-refractivity contribution in [2.45, 2.75) is 38.3 Å². The predicted octanol–water partition coefficient (Wildman–Crippen LogP) is 3.43. The summed E-state index contributed by atoms with van der Waals surface area (Å²) in [7, 11) is 0. The maximum Gasteiger partial charge on any atom is 0.0460 e. The summed E-state index contributed by atoms with van der Waals surface area (Å²) in [5.41, 5.74) is 1.34. The SMILES string of the molecule is C=CCC1(Nc2ccccc2)CC(C)NCC1C. The maximum atomic E-state index is 3.94. The lowest BCUT2D eigenvalue weighted by Crippen LogP contribution is -2.56. The fourth-order valence-electron chi connectivity index (χ4n) is 2.97. The Labute approximate surface area is 110 Å². The molecule has 0 amide bonds. The number of piperidine rings is 1. The average Bonchev–Trinajstić information content (AvgIpc) is 2.36. The van der Waals surface area contributed by atoms with E-state index in [2.05, 4.69) is 61.4 Å². The molecule has 1 saturated heterocycles. The van der Waals surface area contributed by atoms with Crippen molar-refractivity contribution >= 4 is 5.69 Å². The van der Waals surface area contributed by atoms with Gasteiger partial charge in [-0.2, -0.15) is 0 Å². The molecular formula is C16H24N2. The molecule has 98 valence electrons. The molecular weight excluding hydrogens is 220 g/mol. The van der Waals surface area contributed by atoms with Crippen LogP contribution in [0, 0.1) is 5.92 Å². The fraction of sp³-hybridized carbons (Fsp3) is 0.500. The van der Waals surface area contributed by atoms with E-state index in [4.69, 9.17) is 0 Å². The van der Waals surface area contributed by atoms with E-state index in [1.807, 2.05) is 6.08 Å². The molecule has 0 bridgehead atoms. The lowest BCUT2D eigenvalue weighted by atomic mass is 9.74. The Morgan fingerprint density at radius 3 is 2.78 bits per heavy atom. The second-order valence-corrected chi connectivity index (χ2v) is 5.55. The summed E-state index contributed by atoms with van der Waals surface area (Å²) in [6.45, 7) is 9.58. The van der Waals surface area contributed by atoms with Gasteiger partial charge >= 0.3 is 0 Å². The van der Waals surface area contributed by atoms with Gasteiger partial charge in [-0.3, -0.25) is 0 Å². The second kappa shape index (κ2) is 5.57. The van der Waals surface area contributed by atoms with E-state index in [1.165, 1.54) is 5.69 Å². The maximum absolute atomic E-state index is 3.94. The first-order valence-electron chi connectivity index (χ1n) is 6.84. The molecule has 2 rings (SSSR count). The van der Waals surface area contributed by atoms with Gasteiger partial charge in [0, 0.05) is 23.8 Å². The normalized spacial score (nSPS) is 31.9. The van der Waals surface area contributed by atoms with Crippen molar-refractivity contribution in [3.8, 4) is 0 Å². The van der Waals surface area contributed by atoms with Crippen LogP contribution in [-0.4, -0.2) is 18.1 Å². The Hall–Kier alpha value is -1.28. The van der Waals surface area contributed by atoms with E-state index >= 15 is 0 Å². The first-order chi connectivity index (χ1) is 8.66. The monoisotopic (exact) mass is 244 g/mol. The molecule has 2 heteroatoms. The molecule has 3 unspecified atom stereocenters. The smallest absolute Gasteiger partial charge is 0.0460 e. The van der Waals surface area contributed by atoms with Crippen LogP contribution >= 0.6 is 0 Å². The van der Waals surface area contributed by atoms with Crippen molar-refractivity contribution < 1.29 is 0 Å². The molecule has 1 aromatic rings. The molecule has 1 aliphatic rings. The molecule has 2 nitrogen and oxygen atoms in total. The lowest BCUT2D eigenvalue weighted by Gasteiger charge is -2.46. The minimum absolute atomic E-state index is 0.133. The van der Waals surface area contributed by atoms with Crippen LogP contribution < -0.4 is 10.6 Å². The highest BCUT2D eigenvalue weighted by molar-refractivity contribution is 5.46. The number of nitrogens with one attached hydrogen (secondary N) is 2. The van der Waals surface area contributed by atoms with E-state index < -0.39 is 0 Å². The van der Waals surface area contributed by atoms with Crippen LogP contribution in [0.15, 0.2) is 43.0 Å². The molecule has 1 aromatic carbocycles. The molecule has 3 atom stereocenters. The standard InChI is InChI=1S/C16H24N2/c1-4-10-16(11-14(3)17-12-13(16)2)18-15-8-6-5-7-9-15/h4-9,13-14,17-18H,1,10-12H2,2-3H3. The number of hydrogen-bond acceptors (Lipinski definition) is 2. The zero-order chi connectivity index (χ0) is 13.0. The summed E-state index contributed by atoms with van der Waals surface area (Å²) in [5.74, 6) is 0.590. The van der Waals surface area contributed by atoms with Gasteiger partial charge in [0.2, 0.25) is 0 Å². The topological polar surface area (TPSA) is 24.1 Å². The van der Waals surface area contributed by atoms with Gasteiger partial charge in [-0.15, -0.1) is 6.58 Å². The molecule has 0 aliphatic carbocycles. The van der Waals surface area contributed by atoms with E-state index in [0.717, 1.165) is 19.4 Å². The number of anilines is 1. The minimum atomic E-state index is 0.133. The van der Waals surface area contributed by atoms with Gasteiger partial charge in [0.25, 0.3) is 0 Å². The van der Waals surface area contributed by atoms with Gasteiger partial charge in [0.05, 0.1) is 0 Å². The van der Waals surface area contributed by atoms with Crippen molar-refractivity contribution in [1.82, 2.24) is 5.32 Å². The Morgan fingerprint density at radius 1 is 1.39 bits per heavy atom. The quantitative estimate of drug-likeness (QED) is 0.793. The summed E-state index contributed by atoms with van der Waals surface area (Å²) in [6, 6.07) is 11.1. The number of para-hydroxylation sites is 1. The summed E-state index contributed by atoms with van der Waals surface area (Å²) >= 11 is 0. The van der Waals surface area contributed by atoms with Gasteiger partial charge in [0.15, 0.2) is 0 Å². The molecule has 0 aromatic heterocycles. The predicted molar refractivity (Wildman–Crippen MR) is 78.9 cm³/mol. The van der Waals surface area contributed by atoms with Crippen LogP contribution in [0.3, 0.4) is 0 Å². The fourth-order valence-corrected chi connectivity index (χ4v) is 2.97. The van der Waals surface area contributed by atoms with Gasteiger partial charge in [-0.05, 0) is 37.8 Å². The minimum Gasteiger partial charge on any atom is -0.379 e. The van der Waals surface area contributed by atoms with Crippen LogP contribution in [0.25, 0.3) is 0 Å². The van der Waals surface area contributed by atoms with E-state index in [0.29, 0.717) is 12.0 Å². The Morgan fingerprint density at radius 2 is 2.11 bits per heavy atom. The first-order valence-corrected chi connectivity index (χ1v) is 6.84. The highest BCUT2D eigenvalue weighted by Crippen LogP contribution is 2.34. The summed E-state index contributed by atoms with van der Waals surface area (Å²) in [5, 5.41) is 7.32. The molecule has 2 N–H and O–H groups in total. The third kappa shape index (κ3) is 2.75. The van der Waals surface area contributed by atoms with Crippen molar-refractivity contribution in [3.63, 3.8) is 0 Å². The zero-order valence-electron chi connectivity index (χ0n) is 11.4. The molecule has 18 heavy (non-hydrogen) atoms. The van der Waals surface area contributed by atoms with Crippen LogP contribution in [-0.2, 0) is 0 Å². The second-order valence-electron chi connectivity index (χ2n) is 5.55. The number of rotatable bonds is 4. The summed E-state index contributed by atoms with van der Waals surface area (Å²) in [6.07, 6.45) is 4.19. The van der Waals surface area contributed by atoms with E-state index in [9.17, 15) is 0 Å². The van der Waals surface area contributed by atoms with Gasteiger partial charge in [0.1, 0.15) is 0 Å². The Bertz CT molecular complexity index is 387. The van der Waals surface area contributed by atoms with Crippen LogP contribution in [0.1, 0.15) is 26.7 Å². The molecule has 1 heterocycles. The average molecular weight is 244 g/mol. The number of hydrogen-bond donors (Lipinski definition) is 2.